The fraction of sp³-hybridized carbons (Fsp3) is 0.364. The molecule has 1 aromatic carbocycles. The van der Waals surface area contributed by atoms with E-state index in [1.54, 1.807) is 12.1 Å². The van der Waals surface area contributed by atoms with Crippen molar-refractivity contribution in [1.29, 1.82) is 5.26 Å². The average molecular weight is 204 g/mol. The number of hydrogen-bond acceptors (Lipinski definition) is 3. The molecule has 15 heavy (non-hydrogen) atoms. The summed E-state index contributed by atoms with van der Waals surface area (Å²) in [6, 6.07) is 6.51. The van der Waals surface area contributed by atoms with E-state index in [9.17, 15) is 10.1 Å². The molecule has 4 heteroatoms. The van der Waals surface area contributed by atoms with Crippen LogP contribution in [0.4, 0.5) is 5.69 Å². The maximum atomic E-state index is 10.6. The van der Waals surface area contributed by atoms with Gasteiger partial charge in [0, 0.05) is 6.07 Å². The summed E-state index contributed by atoms with van der Waals surface area (Å²) in [5.41, 5.74) is 0.795. The van der Waals surface area contributed by atoms with Gasteiger partial charge in [-0.25, -0.2) is 0 Å². The van der Waals surface area contributed by atoms with Crippen LogP contribution in [0.3, 0.4) is 0 Å². The van der Waals surface area contributed by atoms with Crippen molar-refractivity contribution in [2.75, 3.05) is 0 Å². The standard InChI is InChI=1S/C11H12N2O2/c1-11(2,3)9-4-5-10(13(14)15)8(6-9)7-12/h4-6H,1-3H3. The molecule has 0 atom stereocenters. The van der Waals surface area contributed by atoms with Crippen LogP contribution in [0.5, 0.6) is 0 Å². The van der Waals surface area contributed by atoms with Crippen molar-refractivity contribution < 1.29 is 4.92 Å². The van der Waals surface area contributed by atoms with Crippen LogP contribution in [0.25, 0.3) is 0 Å². The summed E-state index contributed by atoms with van der Waals surface area (Å²) in [5, 5.41) is 19.4. The Morgan fingerprint density at radius 3 is 2.40 bits per heavy atom. The lowest BCUT2D eigenvalue weighted by atomic mass is 9.86. The molecule has 78 valence electrons. The summed E-state index contributed by atoms with van der Waals surface area (Å²) < 4.78 is 0. The molecule has 0 aliphatic heterocycles. The summed E-state index contributed by atoms with van der Waals surface area (Å²) in [4.78, 5) is 10.1. The van der Waals surface area contributed by atoms with Gasteiger partial charge in [-0.3, -0.25) is 10.1 Å². The lowest BCUT2D eigenvalue weighted by Crippen LogP contribution is -2.11. The Bertz CT molecular complexity index is 439. The third-order valence-electron chi connectivity index (χ3n) is 2.18. The first kappa shape index (κ1) is 11.2. The summed E-state index contributed by atoms with van der Waals surface area (Å²) in [6.07, 6.45) is 0. The van der Waals surface area contributed by atoms with Crippen LogP contribution in [-0.4, -0.2) is 4.92 Å². The summed E-state index contributed by atoms with van der Waals surface area (Å²) in [7, 11) is 0. The highest BCUT2D eigenvalue weighted by atomic mass is 16.6. The minimum atomic E-state index is -0.537. The average Bonchev–Trinajstić information content (AvgIpc) is 2.15. The molecule has 0 aromatic heterocycles. The van der Waals surface area contributed by atoms with Gasteiger partial charge in [-0.05, 0) is 17.0 Å². The molecular formula is C11H12N2O2. The molecule has 0 N–H and O–H groups in total. The third-order valence-corrected chi connectivity index (χ3v) is 2.18. The molecule has 0 fully saturated rings. The molecule has 0 heterocycles. The van der Waals surface area contributed by atoms with Gasteiger partial charge < -0.3 is 0 Å². The van der Waals surface area contributed by atoms with Gasteiger partial charge in [0.25, 0.3) is 5.69 Å². The first-order valence-corrected chi connectivity index (χ1v) is 4.55. The van der Waals surface area contributed by atoms with E-state index >= 15 is 0 Å². The Hall–Kier alpha value is -1.89. The van der Waals surface area contributed by atoms with Crippen molar-refractivity contribution in [2.24, 2.45) is 0 Å². The number of nitro groups is 1. The van der Waals surface area contributed by atoms with Crippen molar-refractivity contribution >= 4 is 5.69 Å². The van der Waals surface area contributed by atoms with Gasteiger partial charge in [0.1, 0.15) is 11.6 Å². The summed E-state index contributed by atoms with van der Waals surface area (Å²) >= 11 is 0. The molecule has 0 saturated heterocycles. The predicted octanol–water partition coefficient (Wildman–Crippen LogP) is 2.76. The second-order valence-electron chi connectivity index (χ2n) is 4.35. The Labute approximate surface area is 88.3 Å². The number of hydrogen-bond donors (Lipinski definition) is 0. The third kappa shape index (κ3) is 2.32. The van der Waals surface area contributed by atoms with E-state index in [-0.39, 0.29) is 16.7 Å². The van der Waals surface area contributed by atoms with E-state index in [1.165, 1.54) is 6.07 Å². The smallest absolute Gasteiger partial charge is 0.258 e. The van der Waals surface area contributed by atoms with Gasteiger partial charge >= 0.3 is 0 Å². The van der Waals surface area contributed by atoms with Crippen LogP contribution in [0.1, 0.15) is 31.9 Å². The van der Waals surface area contributed by atoms with Gasteiger partial charge in [-0.2, -0.15) is 5.26 Å². The van der Waals surface area contributed by atoms with Crippen LogP contribution in [0.15, 0.2) is 18.2 Å². The van der Waals surface area contributed by atoms with Gasteiger partial charge in [0.15, 0.2) is 0 Å². The highest BCUT2D eigenvalue weighted by Gasteiger charge is 2.19. The number of benzene rings is 1. The van der Waals surface area contributed by atoms with E-state index in [2.05, 4.69) is 0 Å². The zero-order valence-electron chi connectivity index (χ0n) is 8.94. The molecule has 1 rings (SSSR count). The highest BCUT2D eigenvalue weighted by Crippen LogP contribution is 2.27. The van der Waals surface area contributed by atoms with Gasteiger partial charge in [0.05, 0.1) is 4.92 Å². The van der Waals surface area contributed by atoms with E-state index in [4.69, 9.17) is 5.26 Å². The van der Waals surface area contributed by atoms with Crippen molar-refractivity contribution in [1.82, 2.24) is 0 Å². The highest BCUT2D eigenvalue weighted by molar-refractivity contribution is 5.51. The number of nitriles is 1. The van der Waals surface area contributed by atoms with Crippen molar-refractivity contribution in [3.05, 3.63) is 39.4 Å². The summed E-state index contributed by atoms with van der Waals surface area (Å²) in [6.45, 7) is 5.99. The molecule has 0 bridgehead atoms. The van der Waals surface area contributed by atoms with Crippen LogP contribution in [0.2, 0.25) is 0 Å². The molecule has 0 aliphatic carbocycles. The van der Waals surface area contributed by atoms with Crippen LogP contribution >= 0.6 is 0 Å². The van der Waals surface area contributed by atoms with E-state index < -0.39 is 4.92 Å². The number of nitro benzene ring substituents is 1. The molecule has 1 aromatic rings. The fourth-order valence-corrected chi connectivity index (χ4v) is 1.25. The lowest BCUT2D eigenvalue weighted by molar-refractivity contribution is -0.385. The van der Waals surface area contributed by atoms with E-state index in [0.29, 0.717) is 0 Å². The monoisotopic (exact) mass is 204 g/mol. The van der Waals surface area contributed by atoms with Crippen molar-refractivity contribution in [3.63, 3.8) is 0 Å². The van der Waals surface area contributed by atoms with Gasteiger partial charge in [0.2, 0.25) is 0 Å². The zero-order valence-corrected chi connectivity index (χ0v) is 8.94. The first-order chi connectivity index (χ1) is 6.86. The van der Waals surface area contributed by atoms with Crippen LogP contribution in [0, 0.1) is 21.4 Å². The van der Waals surface area contributed by atoms with Gasteiger partial charge in [-0.1, -0.05) is 26.8 Å². The largest absolute Gasteiger partial charge is 0.287 e. The minimum Gasteiger partial charge on any atom is -0.258 e. The second-order valence-corrected chi connectivity index (χ2v) is 4.35. The Kier molecular flexibility index (Phi) is 2.76. The first-order valence-electron chi connectivity index (χ1n) is 4.55. The Morgan fingerprint density at radius 2 is 2.00 bits per heavy atom. The SMILES string of the molecule is CC(C)(C)c1ccc([N+](=O)[O-])c(C#N)c1. The maximum Gasteiger partial charge on any atom is 0.287 e. The molecule has 0 aliphatic rings. The number of rotatable bonds is 1. The topological polar surface area (TPSA) is 66.9 Å². The minimum absolute atomic E-state index is 0.110. The van der Waals surface area contributed by atoms with Crippen molar-refractivity contribution in [3.8, 4) is 6.07 Å². The molecular weight excluding hydrogens is 192 g/mol. The van der Waals surface area contributed by atoms with E-state index in [0.717, 1.165) is 5.56 Å². The number of nitrogens with zero attached hydrogens (tertiary/aromatic N) is 2. The Morgan fingerprint density at radius 1 is 1.40 bits per heavy atom. The maximum absolute atomic E-state index is 10.6. The quantitative estimate of drug-likeness (QED) is 0.521. The lowest BCUT2D eigenvalue weighted by Gasteiger charge is -2.18. The van der Waals surface area contributed by atoms with Crippen LogP contribution in [-0.2, 0) is 5.41 Å². The molecule has 0 radical (unpaired) electrons. The molecule has 0 saturated carbocycles. The molecule has 0 amide bonds. The summed E-state index contributed by atoms with van der Waals surface area (Å²) in [5.74, 6) is 0. The molecule has 0 spiro atoms. The van der Waals surface area contributed by atoms with Crippen LogP contribution < -0.4 is 0 Å². The molecule has 4 nitrogen and oxygen atoms in total. The van der Waals surface area contributed by atoms with E-state index in [1.807, 2.05) is 26.8 Å². The second kappa shape index (κ2) is 3.70. The molecule has 0 unspecified atom stereocenters. The predicted molar refractivity (Wildman–Crippen MR) is 56.5 cm³/mol. The Balaban J connectivity index is 3.34. The fourth-order valence-electron chi connectivity index (χ4n) is 1.25. The van der Waals surface area contributed by atoms with Crippen molar-refractivity contribution in [2.45, 2.75) is 26.2 Å². The normalized spacial score (nSPS) is 10.8. The zero-order chi connectivity index (χ0) is 11.6. The van der Waals surface area contributed by atoms with Gasteiger partial charge in [-0.15, -0.1) is 0 Å².